The van der Waals surface area contributed by atoms with E-state index < -0.39 is 23.9 Å². The SMILES string of the molecule is C[C@@H](C#N)NC(=O)C1=NN(c2ccccc2)[C@@H](C(N)=O)C1. The van der Waals surface area contributed by atoms with Crippen molar-refractivity contribution < 1.29 is 9.59 Å². The number of nitrogens with zero attached hydrogens (tertiary/aromatic N) is 3. The molecular formula is C14H15N5O2. The van der Waals surface area contributed by atoms with Crippen LogP contribution in [0.3, 0.4) is 0 Å². The van der Waals surface area contributed by atoms with Gasteiger partial charge in [0.15, 0.2) is 0 Å². The number of primary amides is 1. The Balaban J connectivity index is 2.24. The number of nitrogens with two attached hydrogens (primary N) is 1. The fourth-order valence-corrected chi connectivity index (χ4v) is 2.00. The Morgan fingerprint density at radius 3 is 2.71 bits per heavy atom. The molecule has 2 rings (SSSR count). The van der Waals surface area contributed by atoms with E-state index in [1.807, 2.05) is 12.1 Å². The van der Waals surface area contributed by atoms with Crippen LogP contribution in [0.1, 0.15) is 13.3 Å². The maximum Gasteiger partial charge on any atom is 0.268 e. The highest BCUT2D eigenvalue weighted by Gasteiger charge is 2.35. The van der Waals surface area contributed by atoms with Crippen LogP contribution in [-0.2, 0) is 9.59 Å². The monoisotopic (exact) mass is 285 g/mol. The molecule has 2 atom stereocenters. The van der Waals surface area contributed by atoms with E-state index in [-0.39, 0.29) is 12.1 Å². The maximum absolute atomic E-state index is 12.0. The van der Waals surface area contributed by atoms with Crippen molar-refractivity contribution >= 4 is 23.2 Å². The van der Waals surface area contributed by atoms with Crippen LogP contribution in [0.4, 0.5) is 5.69 Å². The summed E-state index contributed by atoms with van der Waals surface area (Å²) in [6.45, 7) is 1.56. The van der Waals surface area contributed by atoms with Gasteiger partial charge in [-0.25, -0.2) is 0 Å². The predicted molar refractivity (Wildman–Crippen MR) is 77.2 cm³/mol. The van der Waals surface area contributed by atoms with Crippen LogP contribution in [0, 0.1) is 11.3 Å². The number of para-hydroxylation sites is 1. The predicted octanol–water partition coefficient (Wildman–Crippen LogP) is 0.135. The highest BCUT2D eigenvalue weighted by atomic mass is 16.2. The molecule has 0 saturated heterocycles. The third-order valence-electron chi connectivity index (χ3n) is 3.06. The van der Waals surface area contributed by atoms with Crippen LogP contribution in [-0.4, -0.2) is 29.6 Å². The molecule has 0 bridgehead atoms. The van der Waals surface area contributed by atoms with Gasteiger partial charge in [-0.2, -0.15) is 10.4 Å². The summed E-state index contributed by atoms with van der Waals surface area (Å²) in [4.78, 5) is 23.5. The van der Waals surface area contributed by atoms with Crippen molar-refractivity contribution in [3.63, 3.8) is 0 Å². The number of nitriles is 1. The van der Waals surface area contributed by atoms with E-state index in [4.69, 9.17) is 11.0 Å². The lowest BCUT2D eigenvalue weighted by atomic mass is 10.1. The number of carbonyl (C=O) groups excluding carboxylic acids is 2. The zero-order valence-corrected chi connectivity index (χ0v) is 11.5. The van der Waals surface area contributed by atoms with Crippen molar-refractivity contribution in [3.8, 4) is 6.07 Å². The maximum atomic E-state index is 12.0. The van der Waals surface area contributed by atoms with E-state index in [0.717, 1.165) is 0 Å². The third-order valence-corrected chi connectivity index (χ3v) is 3.06. The molecule has 7 heteroatoms. The molecule has 0 spiro atoms. The quantitative estimate of drug-likeness (QED) is 0.819. The number of hydrazone groups is 1. The first-order valence-electron chi connectivity index (χ1n) is 6.44. The lowest BCUT2D eigenvalue weighted by Crippen LogP contribution is -2.40. The second kappa shape index (κ2) is 6.05. The number of carbonyl (C=O) groups is 2. The zero-order valence-electron chi connectivity index (χ0n) is 11.5. The number of amides is 2. The molecule has 7 nitrogen and oxygen atoms in total. The van der Waals surface area contributed by atoms with Gasteiger partial charge in [-0.05, 0) is 19.1 Å². The molecule has 0 fully saturated rings. The van der Waals surface area contributed by atoms with Gasteiger partial charge in [0.05, 0.1) is 11.8 Å². The summed E-state index contributed by atoms with van der Waals surface area (Å²) >= 11 is 0. The van der Waals surface area contributed by atoms with Crippen LogP contribution in [0.25, 0.3) is 0 Å². The van der Waals surface area contributed by atoms with Crippen LogP contribution >= 0.6 is 0 Å². The first-order chi connectivity index (χ1) is 10.0. The number of rotatable bonds is 4. The largest absolute Gasteiger partial charge is 0.368 e. The van der Waals surface area contributed by atoms with E-state index in [9.17, 15) is 9.59 Å². The average molecular weight is 285 g/mol. The molecule has 0 unspecified atom stereocenters. The van der Waals surface area contributed by atoms with E-state index in [2.05, 4.69) is 10.4 Å². The van der Waals surface area contributed by atoms with Gasteiger partial charge in [0, 0.05) is 6.42 Å². The standard InChI is InChI=1S/C14H15N5O2/c1-9(8-15)17-14(21)11-7-12(13(16)20)19(18-11)10-5-3-2-4-6-10/h2-6,9,12H,7H2,1H3,(H2,16,20)(H,17,21)/t9-,12+/m0/s1. The molecular weight excluding hydrogens is 270 g/mol. The Labute approximate surface area is 122 Å². The van der Waals surface area contributed by atoms with E-state index in [0.29, 0.717) is 5.69 Å². The summed E-state index contributed by atoms with van der Waals surface area (Å²) in [6, 6.07) is 9.57. The molecule has 1 aliphatic rings. The van der Waals surface area contributed by atoms with Crippen LogP contribution < -0.4 is 16.1 Å². The summed E-state index contributed by atoms with van der Waals surface area (Å²) in [7, 11) is 0. The summed E-state index contributed by atoms with van der Waals surface area (Å²) < 4.78 is 0. The Bertz CT molecular complexity index is 620. The smallest absolute Gasteiger partial charge is 0.268 e. The minimum Gasteiger partial charge on any atom is -0.368 e. The first-order valence-corrected chi connectivity index (χ1v) is 6.44. The Kier molecular flexibility index (Phi) is 4.18. The molecule has 108 valence electrons. The van der Waals surface area contributed by atoms with Crippen LogP contribution in [0.5, 0.6) is 0 Å². The molecule has 0 saturated carbocycles. The summed E-state index contributed by atoms with van der Waals surface area (Å²) in [6.07, 6.45) is 0.119. The Morgan fingerprint density at radius 2 is 2.14 bits per heavy atom. The molecule has 2 amide bonds. The molecule has 1 aromatic carbocycles. The van der Waals surface area contributed by atoms with Crippen molar-refractivity contribution in [2.75, 3.05) is 5.01 Å². The Hall–Kier alpha value is -2.88. The minimum absolute atomic E-state index is 0.119. The minimum atomic E-state index is -0.703. The van der Waals surface area contributed by atoms with Gasteiger partial charge in [-0.3, -0.25) is 14.6 Å². The molecule has 1 heterocycles. The van der Waals surface area contributed by atoms with Crippen molar-refractivity contribution in [2.24, 2.45) is 10.8 Å². The molecule has 3 N–H and O–H groups in total. The Morgan fingerprint density at radius 1 is 1.48 bits per heavy atom. The van der Waals surface area contributed by atoms with E-state index in [1.165, 1.54) is 5.01 Å². The zero-order chi connectivity index (χ0) is 15.4. The van der Waals surface area contributed by atoms with Gasteiger partial charge in [0.25, 0.3) is 5.91 Å². The molecule has 1 aliphatic heterocycles. The average Bonchev–Trinajstić information content (AvgIpc) is 2.93. The van der Waals surface area contributed by atoms with Crippen molar-refractivity contribution in [3.05, 3.63) is 30.3 Å². The molecule has 0 radical (unpaired) electrons. The van der Waals surface area contributed by atoms with Gasteiger partial charge in [0.2, 0.25) is 5.91 Å². The normalized spacial score (nSPS) is 18.6. The number of anilines is 1. The van der Waals surface area contributed by atoms with Gasteiger partial charge in [-0.15, -0.1) is 0 Å². The number of hydrogen-bond donors (Lipinski definition) is 2. The number of hydrogen-bond acceptors (Lipinski definition) is 5. The van der Waals surface area contributed by atoms with E-state index >= 15 is 0 Å². The van der Waals surface area contributed by atoms with Gasteiger partial charge >= 0.3 is 0 Å². The summed E-state index contributed by atoms with van der Waals surface area (Å²) in [5.41, 5.74) is 6.24. The number of benzene rings is 1. The van der Waals surface area contributed by atoms with Gasteiger partial charge in [-0.1, -0.05) is 18.2 Å². The van der Waals surface area contributed by atoms with Crippen molar-refractivity contribution in [2.45, 2.75) is 25.4 Å². The second-order valence-electron chi connectivity index (χ2n) is 4.67. The van der Waals surface area contributed by atoms with E-state index in [1.54, 1.807) is 31.2 Å². The van der Waals surface area contributed by atoms with Gasteiger partial charge < -0.3 is 11.1 Å². The first kappa shape index (κ1) is 14.5. The van der Waals surface area contributed by atoms with Crippen LogP contribution in [0.2, 0.25) is 0 Å². The lowest BCUT2D eigenvalue weighted by molar-refractivity contribution is -0.119. The number of nitrogens with one attached hydrogen (secondary N) is 1. The van der Waals surface area contributed by atoms with Crippen molar-refractivity contribution in [1.29, 1.82) is 5.26 Å². The molecule has 0 aromatic heterocycles. The fraction of sp³-hybridized carbons (Fsp3) is 0.286. The molecule has 1 aromatic rings. The van der Waals surface area contributed by atoms with Crippen LogP contribution in [0.15, 0.2) is 35.4 Å². The highest BCUT2D eigenvalue weighted by molar-refractivity contribution is 6.40. The van der Waals surface area contributed by atoms with Gasteiger partial charge in [0.1, 0.15) is 17.8 Å². The summed E-state index contributed by atoms with van der Waals surface area (Å²) in [5, 5.41) is 16.8. The second-order valence-corrected chi connectivity index (χ2v) is 4.67. The highest BCUT2D eigenvalue weighted by Crippen LogP contribution is 2.24. The lowest BCUT2D eigenvalue weighted by Gasteiger charge is -2.20. The topological polar surface area (TPSA) is 112 Å². The van der Waals surface area contributed by atoms with Crippen molar-refractivity contribution in [1.82, 2.24) is 5.32 Å². The third kappa shape index (κ3) is 3.17. The fourth-order valence-electron chi connectivity index (χ4n) is 2.00. The molecule has 0 aliphatic carbocycles. The molecule has 21 heavy (non-hydrogen) atoms. The summed E-state index contributed by atoms with van der Waals surface area (Å²) in [5.74, 6) is -1.02.